The molecular weight excluding hydrogens is 445 g/mol. The number of anilines is 1. The number of nitrogens with zero attached hydrogens (tertiary/aromatic N) is 2. The summed E-state index contributed by atoms with van der Waals surface area (Å²) in [6, 6.07) is 17.6. The van der Waals surface area contributed by atoms with Gasteiger partial charge in [-0.25, -0.2) is 4.68 Å². The molecule has 0 fully saturated rings. The molecule has 0 unspecified atom stereocenters. The third-order valence-corrected chi connectivity index (χ3v) is 5.36. The average molecular weight is 478 g/mol. The van der Waals surface area contributed by atoms with Crippen LogP contribution < -0.4 is 33.7 Å². The molecule has 0 saturated heterocycles. The van der Waals surface area contributed by atoms with E-state index >= 15 is 0 Å². The van der Waals surface area contributed by atoms with Gasteiger partial charge in [-0.2, -0.15) is 36.1 Å². The van der Waals surface area contributed by atoms with Gasteiger partial charge in [0.25, 0.3) is 5.91 Å². The Morgan fingerprint density at radius 3 is 2.44 bits per heavy atom. The van der Waals surface area contributed by atoms with Gasteiger partial charge in [0.05, 0.1) is 19.9 Å². The molecule has 2 heterocycles. The summed E-state index contributed by atoms with van der Waals surface area (Å²) in [5.74, 6) is 1.04. The molecule has 1 aliphatic rings. The number of carbonyl (C=O) groups is 1. The maximum absolute atomic E-state index is 12.8. The zero-order valence-corrected chi connectivity index (χ0v) is 21.4. The number of fused-ring (bicyclic) bond motifs is 1. The maximum Gasteiger partial charge on any atom is 1.00 e. The first kappa shape index (κ1) is 29.0. The van der Waals surface area contributed by atoms with Crippen molar-refractivity contribution in [3.05, 3.63) is 104 Å². The first-order chi connectivity index (χ1) is 17.1. The molecule has 1 aromatic heterocycles. The van der Waals surface area contributed by atoms with Crippen molar-refractivity contribution in [1.82, 2.24) is 9.78 Å². The second-order valence-electron chi connectivity index (χ2n) is 7.82. The molecule has 0 aliphatic carbocycles. The number of ether oxygens (including phenoxy) is 2. The van der Waals surface area contributed by atoms with Crippen LogP contribution in [0.3, 0.4) is 0 Å². The molecule has 0 atom stereocenters. The fourth-order valence-corrected chi connectivity index (χ4v) is 3.53. The van der Waals surface area contributed by atoms with Crippen molar-refractivity contribution in [3.8, 4) is 11.5 Å². The zero-order valence-electron chi connectivity index (χ0n) is 21.4. The van der Waals surface area contributed by atoms with Gasteiger partial charge in [-0.15, -0.1) is 18.6 Å². The number of methoxy groups -OCH3 is 2. The molecule has 36 heavy (non-hydrogen) atoms. The van der Waals surface area contributed by atoms with Crippen molar-refractivity contribution in [3.63, 3.8) is 0 Å². The summed E-state index contributed by atoms with van der Waals surface area (Å²) < 4.78 is 12.6. The number of nitrogens with one attached hydrogen (secondary N) is 1. The Bertz CT molecular complexity index is 1170. The van der Waals surface area contributed by atoms with E-state index in [1.54, 1.807) is 38.5 Å². The Labute approximate surface area is 226 Å². The number of hydrogen-bond donors (Lipinski definition) is 1. The van der Waals surface area contributed by atoms with Crippen LogP contribution in [0.4, 0.5) is 5.69 Å². The van der Waals surface area contributed by atoms with Crippen LogP contribution in [0.5, 0.6) is 11.5 Å². The van der Waals surface area contributed by atoms with E-state index in [1.807, 2.05) is 41.1 Å². The molecule has 1 N–H and O–H groups in total. The number of carbonyl (C=O) groups excluding carboxylic acids is 1. The van der Waals surface area contributed by atoms with Gasteiger partial charge in [0.1, 0.15) is 0 Å². The SMILES string of the molecule is COc1ccc(/C2=C/C=C\CCc3cc(C(=O)Nc4cc[c-]cc4)nn32)cc1OC.[CH2-]CCC[CH2-].[Li+]. The summed E-state index contributed by atoms with van der Waals surface area (Å²) in [4.78, 5) is 12.8. The minimum Gasteiger partial charge on any atom is -0.493 e. The monoisotopic (exact) mass is 477 g/mol. The van der Waals surface area contributed by atoms with E-state index < -0.39 is 0 Å². The second kappa shape index (κ2) is 15.0. The van der Waals surface area contributed by atoms with Crippen molar-refractivity contribution < 1.29 is 33.1 Å². The van der Waals surface area contributed by atoms with Crippen molar-refractivity contribution >= 4 is 17.3 Å². The number of amides is 1. The molecule has 1 aliphatic heterocycles. The van der Waals surface area contributed by atoms with E-state index in [0.29, 0.717) is 22.9 Å². The molecule has 0 radical (unpaired) electrons. The Morgan fingerprint density at radius 1 is 1.08 bits per heavy atom. The molecule has 3 aromatic rings. The fraction of sp³-hybridized carbons (Fsp3) is 0.241. The van der Waals surface area contributed by atoms with Crippen LogP contribution in [-0.2, 0) is 6.42 Å². The van der Waals surface area contributed by atoms with Crippen LogP contribution >= 0.6 is 0 Å². The minimum absolute atomic E-state index is 0. The van der Waals surface area contributed by atoms with Gasteiger partial charge in [-0.1, -0.05) is 17.8 Å². The summed E-state index contributed by atoms with van der Waals surface area (Å²) in [7, 11) is 3.22. The van der Waals surface area contributed by atoms with Crippen molar-refractivity contribution in [1.29, 1.82) is 0 Å². The number of hydrogen-bond acceptors (Lipinski definition) is 4. The predicted octanol–water partition coefficient (Wildman–Crippen LogP) is 3.17. The molecule has 1 amide bonds. The number of benzene rings is 2. The van der Waals surface area contributed by atoms with Gasteiger partial charge in [0, 0.05) is 11.3 Å². The Morgan fingerprint density at radius 2 is 1.81 bits per heavy atom. The third kappa shape index (κ3) is 7.65. The first-order valence-electron chi connectivity index (χ1n) is 11.7. The molecule has 184 valence electrons. The van der Waals surface area contributed by atoms with E-state index in [9.17, 15) is 4.79 Å². The Kier molecular flexibility index (Phi) is 12.1. The largest absolute Gasteiger partial charge is 1.00 e. The smallest absolute Gasteiger partial charge is 0.493 e. The predicted molar refractivity (Wildman–Crippen MR) is 140 cm³/mol. The molecule has 4 rings (SSSR count). The average Bonchev–Trinajstić information content (AvgIpc) is 3.28. The molecular formula is C29H32LiN3O3-2. The number of unbranched alkanes of at least 4 members (excludes halogenated alkanes) is 2. The third-order valence-electron chi connectivity index (χ3n) is 5.36. The van der Waals surface area contributed by atoms with Gasteiger partial charge in [0.15, 0.2) is 17.2 Å². The van der Waals surface area contributed by atoms with Gasteiger partial charge < -0.3 is 28.6 Å². The van der Waals surface area contributed by atoms with Gasteiger partial charge in [-0.3, -0.25) is 4.79 Å². The van der Waals surface area contributed by atoms with Crippen LogP contribution in [0.1, 0.15) is 47.4 Å². The van der Waals surface area contributed by atoms with Gasteiger partial charge in [-0.05, 0) is 43.2 Å². The molecule has 6 nitrogen and oxygen atoms in total. The summed E-state index contributed by atoms with van der Waals surface area (Å²) in [5, 5.41) is 7.51. The quantitative estimate of drug-likeness (QED) is 0.420. The molecule has 2 aromatic carbocycles. The maximum atomic E-state index is 12.8. The van der Waals surface area contributed by atoms with Crippen molar-refractivity contribution in [2.75, 3.05) is 19.5 Å². The summed E-state index contributed by atoms with van der Waals surface area (Å²) in [5.41, 5.74) is 3.80. The minimum atomic E-state index is -0.250. The number of aryl methyl sites for hydroxylation is 1. The van der Waals surface area contributed by atoms with Crippen LogP contribution in [0.15, 0.2) is 66.8 Å². The molecule has 0 spiro atoms. The molecule has 0 bridgehead atoms. The summed E-state index contributed by atoms with van der Waals surface area (Å²) >= 11 is 0. The van der Waals surface area contributed by atoms with E-state index in [-0.39, 0.29) is 24.8 Å². The first-order valence-corrected chi connectivity index (χ1v) is 11.7. The fourth-order valence-electron chi connectivity index (χ4n) is 3.53. The summed E-state index contributed by atoms with van der Waals surface area (Å²) in [6.07, 6.45) is 11.0. The van der Waals surface area contributed by atoms with Crippen LogP contribution in [-0.4, -0.2) is 29.9 Å². The van der Waals surface area contributed by atoms with Crippen molar-refractivity contribution in [2.24, 2.45) is 0 Å². The van der Waals surface area contributed by atoms with Gasteiger partial charge >= 0.3 is 18.9 Å². The van der Waals surface area contributed by atoms with Gasteiger partial charge in [0.2, 0.25) is 0 Å². The Hall–Kier alpha value is -3.20. The van der Waals surface area contributed by atoms with Crippen LogP contribution in [0.25, 0.3) is 5.70 Å². The number of rotatable bonds is 7. The number of aromatic nitrogens is 2. The number of allylic oxidation sites excluding steroid dienone is 3. The molecule has 0 saturated carbocycles. The van der Waals surface area contributed by atoms with E-state index in [1.165, 1.54) is 6.42 Å². The topological polar surface area (TPSA) is 65.4 Å². The van der Waals surface area contributed by atoms with Crippen molar-refractivity contribution in [2.45, 2.75) is 32.1 Å². The summed E-state index contributed by atoms with van der Waals surface area (Å²) in [6.45, 7) is 7.27. The Balaban J connectivity index is 0.000000694. The van der Waals surface area contributed by atoms with E-state index in [4.69, 9.17) is 9.47 Å². The van der Waals surface area contributed by atoms with Crippen LogP contribution in [0.2, 0.25) is 0 Å². The van der Waals surface area contributed by atoms with Crippen LogP contribution in [0, 0.1) is 19.9 Å². The normalized spacial score (nSPS) is 14.3. The van der Waals surface area contributed by atoms with E-state index in [0.717, 1.165) is 42.6 Å². The second-order valence-corrected chi connectivity index (χ2v) is 7.82. The standard InChI is InChI=1S/C24H22N3O3.C5H10.Li/c1-29-22-14-13-17(15-23(22)30-2)21-12-8-4-7-11-19-16-20(26-27(19)21)24(28)25-18-9-5-3-6-10-18;1-3-5-4-2;/h4-6,8-10,12-16H,7,11H2,1-2H3,(H,25,28);1-5H2;/q-1;-2;+1/b8-4-,21-12-;;. The zero-order chi connectivity index (χ0) is 25.0. The van der Waals surface area contributed by atoms with E-state index in [2.05, 4.69) is 36.4 Å². The molecule has 7 heteroatoms.